The lowest BCUT2D eigenvalue weighted by atomic mass is 10.0. The lowest BCUT2D eigenvalue weighted by Gasteiger charge is -2.08. The highest BCUT2D eigenvalue weighted by Gasteiger charge is 2.12. The molecule has 0 aliphatic rings. The molecular formula is C12H8ClF2N. The molecule has 0 aliphatic heterocycles. The molecule has 1 nitrogen and oxygen atoms in total. The summed E-state index contributed by atoms with van der Waals surface area (Å²) in [5.41, 5.74) is 6.46. The molecule has 0 bridgehead atoms. The lowest BCUT2D eigenvalue weighted by molar-refractivity contribution is 0.511. The van der Waals surface area contributed by atoms with E-state index in [9.17, 15) is 8.78 Å². The van der Waals surface area contributed by atoms with Crippen LogP contribution in [0, 0.1) is 11.6 Å². The monoisotopic (exact) mass is 239 g/mol. The van der Waals surface area contributed by atoms with E-state index in [1.807, 2.05) is 0 Å². The van der Waals surface area contributed by atoms with E-state index in [2.05, 4.69) is 0 Å². The Kier molecular flexibility index (Phi) is 2.79. The number of para-hydroxylation sites is 1. The molecule has 2 aromatic carbocycles. The Bertz CT molecular complexity index is 491. The van der Waals surface area contributed by atoms with Crippen LogP contribution in [0.3, 0.4) is 0 Å². The zero-order valence-electron chi connectivity index (χ0n) is 8.18. The molecule has 0 fully saturated rings. The highest BCUT2D eigenvalue weighted by atomic mass is 35.5. The summed E-state index contributed by atoms with van der Waals surface area (Å²) in [5.74, 6) is -1.83. The smallest absolute Gasteiger partial charge is 0.166 e. The van der Waals surface area contributed by atoms with Crippen molar-refractivity contribution >= 4 is 17.3 Å². The molecular weight excluding hydrogens is 232 g/mol. The number of nitrogen functional groups attached to an aromatic ring is 1. The minimum atomic E-state index is -0.920. The first-order valence-electron chi connectivity index (χ1n) is 4.59. The van der Waals surface area contributed by atoms with Gasteiger partial charge in [0.05, 0.1) is 10.7 Å². The molecule has 0 unspecified atom stereocenters. The molecule has 16 heavy (non-hydrogen) atoms. The first-order chi connectivity index (χ1) is 7.61. The quantitative estimate of drug-likeness (QED) is 0.751. The molecule has 0 aromatic heterocycles. The number of benzene rings is 2. The molecule has 2 aromatic rings. The zero-order chi connectivity index (χ0) is 11.7. The number of nitrogens with two attached hydrogens (primary N) is 1. The minimum absolute atomic E-state index is 0.111. The molecule has 4 heteroatoms. The summed E-state index contributed by atoms with van der Waals surface area (Å²) in [5, 5.41) is 0.321. The third-order valence-electron chi connectivity index (χ3n) is 2.29. The van der Waals surface area contributed by atoms with Crippen molar-refractivity contribution in [3.05, 3.63) is 53.1 Å². The predicted octanol–water partition coefficient (Wildman–Crippen LogP) is 3.87. The molecule has 0 spiro atoms. The van der Waals surface area contributed by atoms with Gasteiger partial charge in [-0.15, -0.1) is 0 Å². The van der Waals surface area contributed by atoms with Crippen molar-refractivity contribution in [1.29, 1.82) is 0 Å². The van der Waals surface area contributed by atoms with E-state index in [1.54, 1.807) is 18.2 Å². The van der Waals surface area contributed by atoms with E-state index in [4.69, 9.17) is 17.3 Å². The van der Waals surface area contributed by atoms with E-state index < -0.39 is 11.6 Å². The van der Waals surface area contributed by atoms with Crippen LogP contribution < -0.4 is 5.73 Å². The van der Waals surface area contributed by atoms with Crippen LogP contribution in [-0.2, 0) is 0 Å². The number of hydrogen-bond acceptors (Lipinski definition) is 1. The fraction of sp³-hybridized carbons (Fsp3) is 0. The molecule has 0 heterocycles. The fourth-order valence-electron chi connectivity index (χ4n) is 1.48. The van der Waals surface area contributed by atoms with Crippen LogP contribution in [0.15, 0.2) is 36.4 Å². The Hall–Kier alpha value is -1.61. The first-order valence-corrected chi connectivity index (χ1v) is 4.97. The maximum absolute atomic E-state index is 13.5. The number of rotatable bonds is 1. The van der Waals surface area contributed by atoms with Gasteiger partial charge in [-0.2, -0.15) is 0 Å². The Balaban J connectivity index is 2.68. The molecule has 0 radical (unpaired) electrons. The topological polar surface area (TPSA) is 26.0 Å². The minimum Gasteiger partial charge on any atom is -0.397 e. The van der Waals surface area contributed by atoms with Gasteiger partial charge in [-0.3, -0.25) is 0 Å². The third kappa shape index (κ3) is 1.74. The normalized spacial score (nSPS) is 10.4. The van der Waals surface area contributed by atoms with Crippen LogP contribution in [0.1, 0.15) is 0 Å². The summed E-state index contributed by atoms with van der Waals surface area (Å²) in [6.07, 6.45) is 0. The summed E-state index contributed by atoms with van der Waals surface area (Å²) in [6.45, 7) is 0. The highest BCUT2D eigenvalue weighted by Crippen LogP contribution is 2.33. The fourth-order valence-corrected chi connectivity index (χ4v) is 1.66. The van der Waals surface area contributed by atoms with Gasteiger partial charge in [-0.25, -0.2) is 8.78 Å². The summed E-state index contributed by atoms with van der Waals surface area (Å²) in [4.78, 5) is 0. The van der Waals surface area contributed by atoms with Crippen molar-refractivity contribution in [2.24, 2.45) is 0 Å². The van der Waals surface area contributed by atoms with Gasteiger partial charge in [0.25, 0.3) is 0 Å². The van der Waals surface area contributed by atoms with E-state index in [-0.39, 0.29) is 11.3 Å². The van der Waals surface area contributed by atoms with Crippen LogP contribution in [0.4, 0.5) is 14.5 Å². The molecule has 0 saturated heterocycles. The Morgan fingerprint density at radius 2 is 1.56 bits per heavy atom. The van der Waals surface area contributed by atoms with Gasteiger partial charge in [0.1, 0.15) is 0 Å². The molecule has 2 rings (SSSR count). The molecule has 0 atom stereocenters. The molecule has 2 N–H and O–H groups in total. The molecule has 0 saturated carbocycles. The van der Waals surface area contributed by atoms with Crippen molar-refractivity contribution < 1.29 is 8.78 Å². The van der Waals surface area contributed by atoms with Gasteiger partial charge in [0, 0.05) is 11.1 Å². The number of hydrogen-bond donors (Lipinski definition) is 1. The van der Waals surface area contributed by atoms with Gasteiger partial charge in [0.15, 0.2) is 11.6 Å². The lowest BCUT2D eigenvalue weighted by Crippen LogP contribution is -1.94. The van der Waals surface area contributed by atoms with Gasteiger partial charge in [-0.05, 0) is 12.1 Å². The summed E-state index contributed by atoms with van der Waals surface area (Å²) >= 11 is 5.81. The molecule has 0 amide bonds. The number of anilines is 1. The first kappa shape index (κ1) is 10.9. The van der Waals surface area contributed by atoms with Crippen molar-refractivity contribution in [3.8, 4) is 11.1 Å². The largest absolute Gasteiger partial charge is 0.397 e. The van der Waals surface area contributed by atoms with E-state index in [0.29, 0.717) is 10.6 Å². The Labute approximate surface area is 96.5 Å². The van der Waals surface area contributed by atoms with Crippen LogP contribution in [0.2, 0.25) is 5.02 Å². The summed E-state index contributed by atoms with van der Waals surface area (Å²) in [6, 6.07) is 8.77. The second-order valence-corrected chi connectivity index (χ2v) is 3.71. The van der Waals surface area contributed by atoms with Crippen LogP contribution in [0.25, 0.3) is 11.1 Å². The van der Waals surface area contributed by atoms with E-state index in [0.717, 1.165) is 6.07 Å². The third-order valence-corrected chi connectivity index (χ3v) is 2.62. The SMILES string of the molecule is Nc1c(Cl)cccc1-c1cccc(F)c1F. The average Bonchev–Trinajstić information content (AvgIpc) is 2.27. The van der Waals surface area contributed by atoms with Crippen molar-refractivity contribution in [1.82, 2.24) is 0 Å². The van der Waals surface area contributed by atoms with Gasteiger partial charge >= 0.3 is 0 Å². The van der Waals surface area contributed by atoms with Gasteiger partial charge in [0.2, 0.25) is 0 Å². The number of halogens is 3. The molecule has 0 aliphatic carbocycles. The maximum Gasteiger partial charge on any atom is 0.166 e. The Morgan fingerprint density at radius 3 is 2.31 bits per heavy atom. The van der Waals surface area contributed by atoms with E-state index in [1.165, 1.54) is 12.1 Å². The second kappa shape index (κ2) is 4.10. The van der Waals surface area contributed by atoms with Crippen molar-refractivity contribution in [2.45, 2.75) is 0 Å². The summed E-state index contributed by atoms with van der Waals surface area (Å²) < 4.78 is 26.6. The highest BCUT2D eigenvalue weighted by molar-refractivity contribution is 6.33. The summed E-state index contributed by atoms with van der Waals surface area (Å²) in [7, 11) is 0. The molecule has 82 valence electrons. The van der Waals surface area contributed by atoms with Gasteiger partial charge in [-0.1, -0.05) is 35.9 Å². The zero-order valence-corrected chi connectivity index (χ0v) is 8.93. The predicted molar refractivity (Wildman–Crippen MR) is 61.2 cm³/mol. The van der Waals surface area contributed by atoms with Crippen LogP contribution in [-0.4, -0.2) is 0 Å². The van der Waals surface area contributed by atoms with Crippen LogP contribution in [0.5, 0.6) is 0 Å². The maximum atomic E-state index is 13.5. The van der Waals surface area contributed by atoms with Gasteiger partial charge < -0.3 is 5.73 Å². The standard InChI is InChI=1S/C12H8ClF2N/c13-9-5-1-4-8(12(9)16)7-3-2-6-10(14)11(7)15/h1-6H,16H2. The van der Waals surface area contributed by atoms with Crippen molar-refractivity contribution in [3.63, 3.8) is 0 Å². The average molecular weight is 240 g/mol. The van der Waals surface area contributed by atoms with Crippen LogP contribution >= 0.6 is 11.6 Å². The Morgan fingerprint density at radius 1 is 0.938 bits per heavy atom. The van der Waals surface area contributed by atoms with E-state index >= 15 is 0 Å². The second-order valence-electron chi connectivity index (χ2n) is 3.30. The van der Waals surface area contributed by atoms with Crippen molar-refractivity contribution in [2.75, 3.05) is 5.73 Å².